The van der Waals surface area contributed by atoms with Crippen molar-refractivity contribution in [2.24, 2.45) is 7.05 Å². The highest BCUT2D eigenvalue weighted by molar-refractivity contribution is 7.87. The molecule has 0 bridgehead atoms. The standard InChI is InChI=1S/C11H21N5O2S.ClH/c1-9(2)14-19(17,18)16-7-4-12-8-10(16)11-13-5-6-15(11)3;/h5-6,9-10,12,14H,4,7-8H2,1-3H3;1H. The molecule has 0 aromatic carbocycles. The van der Waals surface area contributed by atoms with Crippen molar-refractivity contribution < 1.29 is 8.42 Å². The second-order valence-electron chi connectivity index (χ2n) is 5.00. The van der Waals surface area contributed by atoms with Crippen LogP contribution in [0.5, 0.6) is 0 Å². The Hall–Kier alpha value is -0.670. The molecule has 1 saturated heterocycles. The predicted octanol–water partition coefficient (Wildman–Crippen LogP) is 0.0310. The number of nitrogens with zero attached hydrogens (tertiary/aromatic N) is 3. The summed E-state index contributed by atoms with van der Waals surface area (Å²) in [6, 6.07) is -0.396. The van der Waals surface area contributed by atoms with Crippen LogP contribution in [0.1, 0.15) is 25.7 Å². The normalized spacial score (nSPS) is 20.9. The largest absolute Gasteiger partial charge is 0.337 e. The summed E-state index contributed by atoms with van der Waals surface area (Å²) in [6.45, 7) is 5.30. The van der Waals surface area contributed by atoms with Crippen molar-refractivity contribution in [3.05, 3.63) is 18.2 Å². The molecular formula is C11H22ClN5O2S. The van der Waals surface area contributed by atoms with Gasteiger partial charge in [-0.15, -0.1) is 12.4 Å². The predicted molar refractivity (Wildman–Crippen MR) is 80.0 cm³/mol. The van der Waals surface area contributed by atoms with Gasteiger partial charge in [-0.25, -0.2) is 4.98 Å². The number of imidazole rings is 1. The maximum atomic E-state index is 12.4. The van der Waals surface area contributed by atoms with Crippen LogP contribution in [-0.2, 0) is 17.3 Å². The molecule has 0 aliphatic carbocycles. The molecule has 0 amide bonds. The van der Waals surface area contributed by atoms with Crippen molar-refractivity contribution in [2.75, 3.05) is 19.6 Å². The van der Waals surface area contributed by atoms with E-state index >= 15 is 0 Å². The molecule has 0 spiro atoms. The van der Waals surface area contributed by atoms with Crippen molar-refractivity contribution in [3.63, 3.8) is 0 Å². The minimum atomic E-state index is -3.48. The van der Waals surface area contributed by atoms with Crippen LogP contribution in [0, 0.1) is 0 Å². The molecule has 20 heavy (non-hydrogen) atoms. The lowest BCUT2D eigenvalue weighted by molar-refractivity contribution is 0.254. The van der Waals surface area contributed by atoms with E-state index in [1.165, 1.54) is 4.31 Å². The summed E-state index contributed by atoms with van der Waals surface area (Å²) in [5.41, 5.74) is 0. The molecular weight excluding hydrogens is 302 g/mol. The number of aromatic nitrogens is 2. The van der Waals surface area contributed by atoms with Crippen LogP contribution in [-0.4, -0.2) is 48.0 Å². The zero-order chi connectivity index (χ0) is 14.0. The van der Waals surface area contributed by atoms with Gasteiger partial charge >= 0.3 is 0 Å². The van der Waals surface area contributed by atoms with Crippen LogP contribution in [0.25, 0.3) is 0 Å². The maximum Gasteiger partial charge on any atom is 0.280 e. The lowest BCUT2D eigenvalue weighted by Crippen LogP contribution is -2.53. The number of halogens is 1. The monoisotopic (exact) mass is 323 g/mol. The third-order valence-electron chi connectivity index (χ3n) is 3.04. The topological polar surface area (TPSA) is 79.3 Å². The Labute approximate surface area is 126 Å². The Morgan fingerprint density at radius 1 is 1.50 bits per heavy atom. The fraction of sp³-hybridized carbons (Fsp3) is 0.727. The van der Waals surface area contributed by atoms with Crippen LogP contribution >= 0.6 is 12.4 Å². The first-order chi connectivity index (χ1) is 8.92. The van der Waals surface area contributed by atoms with Crippen LogP contribution < -0.4 is 10.0 Å². The minimum absolute atomic E-state index is 0. The van der Waals surface area contributed by atoms with Gasteiger partial charge in [0, 0.05) is 45.1 Å². The highest BCUT2D eigenvalue weighted by Gasteiger charge is 2.35. The molecule has 1 aliphatic heterocycles. The van der Waals surface area contributed by atoms with Crippen molar-refractivity contribution in [1.29, 1.82) is 0 Å². The highest BCUT2D eigenvalue weighted by atomic mass is 35.5. The van der Waals surface area contributed by atoms with Gasteiger partial charge < -0.3 is 9.88 Å². The fourth-order valence-electron chi connectivity index (χ4n) is 2.26. The number of nitrogens with one attached hydrogen (secondary N) is 2. The molecule has 116 valence electrons. The van der Waals surface area contributed by atoms with E-state index in [0.29, 0.717) is 19.6 Å². The Morgan fingerprint density at radius 2 is 2.20 bits per heavy atom. The van der Waals surface area contributed by atoms with Crippen LogP contribution in [0.15, 0.2) is 12.4 Å². The molecule has 7 nitrogen and oxygen atoms in total. The lowest BCUT2D eigenvalue weighted by Gasteiger charge is -2.35. The summed E-state index contributed by atoms with van der Waals surface area (Å²) in [7, 11) is -1.61. The average molecular weight is 324 g/mol. The smallest absolute Gasteiger partial charge is 0.280 e. The quantitative estimate of drug-likeness (QED) is 0.819. The summed E-state index contributed by atoms with van der Waals surface area (Å²) < 4.78 is 30.7. The van der Waals surface area contributed by atoms with Crippen molar-refractivity contribution in [1.82, 2.24) is 23.9 Å². The second-order valence-corrected chi connectivity index (χ2v) is 6.66. The van der Waals surface area contributed by atoms with Crippen molar-refractivity contribution in [3.8, 4) is 0 Å². The Bertz CT molecular complexity index is 531. The third kappa shape index (κ3) is 3.70. The van der Waals surface area contributed by atoms with Crippen molar-refractivity contribution in [2.45, 2.75) is 25.9 Å². The molecule has 1 aliphatic rings. The van der Waals surface area contributed by atoms with Gasteiger partial charge in [-0.2, -0.15) is 17.4 Å². The molecule has 1 aromatic heterocycles. The molecule has 2 rings (SSSR count). The first-order valence-electron chi connectivity index (χ1n) is 6.39. The third-order valence-corrected chi connectivity index (χ3v) is 4.87. The molecule has 2 N–H and O–H groups in total. The van der Waals surface area contributed by atoms with Gasteiger partial charge in [-0.1, -0.05) is 0 Å². The SMILES string of the molecule is CC(C)NS(=O)(=O)N1CCNCC1c1nccn1C.Cl. The average Bonchev–Trinajstić information content (AvgIpc) is 2.74. The summed E-state index contributed by atoms with van der Waals surface area (Å²) in [4.78, 5) is 4.27. The highest BCUT2D eigenvalue weighted by Crippen LogP contribution is 2.22. The molecule has 1 aromatic rings. The molecule has 0 radical (unpaired) electrons. The van der Waals surface area contributed by atoms with Gasteiger partial charge in [-0.3, -0.25) is 0 Å². The van der Waals surface area contributed by atoms with Crippen LogP contribution in [0.3, 0.4) is 0 Å². The van der Waals surface area contributed by atoms with E-state index in [1.54, 1.807) is 6.20 Å². The minimum Gasteiger partial charge on any atom is -0.337 e. The van der Waals surface area contributed by atoms with Gasteiger partial charge in [0.1, 0.15) is 5.82 Å². The van der Waals surface area contributed by atoms with Gasteiger partial charge in [0.15, 0.2) is 0 Å². The fourth-order valence-corrected chi connectivity index (χ4v) is 3.82. The number of hydrogen-bond donors (Lipinski definition) is 2. The molecule has 1 unspecified atom stereocenters. The number of hydrogen-bond acceptors (Lipinski definition) is 4. The summed E-state index contributed by atoms with van der Waals surface area (Å²) in [6.07, 6.45) is 3.51. The maximum absolute atomic E-state index is 12.4. The van der Waals surface area contributed by atoms with E-state index in [-0.39, 0.29) is 24.5 Å². The van der Waals surface area contributed by atoms with Crippen LogP contribution in [0.2, 0.25) is 0 Å². The molecule has 2 heterocycles. The van der Waals surface area contributed by atoms with E-state index in [1.807, 2.05) is 31.7 Å². The van der Waals surface area contributed by atoms with Crippen LogP contribution in [0.4, 0.5) is 0 Å². The van der Waals surface area contributed by atoms with E-state index < -0.39 is 10.2 Å². The van der Waals surface area contributed by atoms with Gasteiger partial charge in [0.05, 0.1) is 6.04 Å². The molecule has 9 heteroatoms. The number of aryl methyl sites for hydroxylation is 1. The molecule has 1 atom stereocenters. The van der Waals surface area contributed by atoms with Gasteiger partial charge in [0.2, 0.25) is 0 Å². The van der Waals surface area contributed by atoms with Gasteiger partial charge in [-0.05, 0) is 13.8 Å². The lowest BCUT2D eigenvalue weighted by atomic mass is 10.2. The Kier molecular flexibility index (Phi) is 5.96. The summed E-state index contributed by atoms with van der Waals surface area (Å²) in [5, 5.41) is 3.22. The first-order valence-corrected chi connectivity index (χ1v) is 7.83. The first kappa shape index (κ1) is 17.4. The van der Waals surface area contributed by atoms with E-state index in [9.17, 15) is 8.42 Å². The Balaban J connectivity index is 0.00000200. The van der Waals surface area contributed by atoms with E-state index in [4.69, 9.17) is 0 Å². The summed E-state index contributed by atoms with van der Waals surface area (Å²) in [5.74, 6) is 0.751. The van der Waals surface area contributed by atoms with Gasteiger partial charge in [0.25, 0.3) is 10.2 Å². The second kappa shape index (κ2) is 6.86. The van der Waals surface area contributed by atoms with E-state index in [0.717, 1.165) is 5.82 Å². The number of piperazine rings is 1. The Morgan fingerprint density at radius 3 is 2.75 bits per heavy atom. The zero-order valence-electron chi connectivity index (χ0n) is 11.9. The number of rotatable bonds is 4. The zero-order valence-corrected chi connectivity index (χ0v) is 13.5. The molecule has 1 fully saturated rings. The van der Waals surface area contributed by atoms with E-state index in [2.05, 4.69) is 15.0 Å². The van der Waals surface area contributed by atoms with Crippen molar-refractivity contribution >= 4 is 22.6 Å². The molecule has 0 saturated carbocycles. The summed E-state index contributed by atoms with van der Waals surface area (Å²) >= 11 is 0.